The van der Waals surface area contributed by atoms with Crippen LogP contribution >= 0.6 is 0 Å². The number of ether oxygens (including phenoxy) is 2. The Morgan fingerprint density at radius 3 is 1.98 bits per heavy atom. The van der Waals surface area contributed by atoms with Gasteiger partial charge in [0.15, 0.2) is 5.69 Å². The number of hydrogen-bond donors (Lipinski definition) is 2. The lowest BCUT2D eigenvalue weighted by atomic mass is 10.1. The number of esters is 1. The third-order valence-electron chi connectivity index (χ3n) is 5.67. The molecule has 4 rings (SSSR count). The van der Waals surface area contributed by atoms with Crippen LogP contribution in [0.4, 0.5) is 4.79 Å². The molecule has 1 amide bonds. The third-order valence-corrected chi connectivity index (χ3v) is 8.33. The predicted octanol–water partition coefficient (Wildman–Crippen LogP) is 3.44. The lowest BCUT2D eigenvalue weighted by molar-refractivity contribution is 0.0465. The molecule has 0 radical (unpaired) electrons. The smallest absolute Gasteiger partial charge is 0.422 e. The van der Waals surface area contributed by atoms with Gasteiger partial charge in [0, 0.05) is 11.8 Å². The van der Waals surface area contributed by atoms with Crippen molar-refractivity contribution in [3.05, 3.63) is 114 Å². The molecule has 0 unspecified atom stereocenters. The van der Waals surface area contributed by atoms with Crippen LogP contribution in [0.3, 0.4) is 0 Å². The van der Waals surface area contributed by atoms with Crippen molar-refractivity contribution in [3.8, 4) is 11.1 Å². The molecule has 4 aromatic rings. The molecule has 1 aromatic heterocycles. The van der Waals surface area contributed by atoms with Crippen molar-refractivity contribution in [2.75, 3.05) is 7.05 Å². The number of carbonyl (C=O) groups excluding carboxylic acids is 2. The molecule has 13 heteroatoms. The van der Waals surface area contributed by atoms with Crippen molar-refractivity contribution in [1.82, 2.24) is 13.4 Å². The summed E-state index contributed by atoms with van der Waals surface area (Å²) >= 11 is 0. The molecule has 0 fully saturated rings. The summed E-state index contributed by atoms with van der Waals surface area (Å²) < 4.78 is 66.1. The minimum atomic E-state index is -4.69. The van der Waals surface area contributed by atoms with Crippen LogP contribution in [0.1, 0.15) is 21.6 Å². The number of sulfonamides is 1. The van der Waals surface area contributed by atoms with E-state index >= 15 is 0 Å². The first-order valence-electron chi connectivity index (χ1n) is 11.8. The van der Waals surface area contributed by atoms with Crippen molar-refractivity contribution >= 4 is 32.3 Å². The van der Waals surface area contributed by atoms with Crippen LogP contribution in [0.15, 0.2) is 102 Å². The zero-order valence-corrected chi connectivity index (χ0v) is 22.8. The molecule has 0 bridgehead atoms. The highest BCUT2D eigenvalue weighted by atomic mass is 32.2. The monoisotopic (exact) mass is 583 g/mol. The fourth-order valence-electron chi connectivity index (χ4n) is 3.69. The van der Waals surface area contributed by atoms with Crippen molar-refractivity contribution in [2.24, 2.45) is 0 Å². The Kier molecular flexibility index (Phi) is 8.67. The number of rotatable bonds is 10. The molecular formula is C27H25N3O8S2. The summed E-state index contributed by atoms with van der Waals surface area (Å²) in [6.45, 7) is -0.344. The van der Waals surface area contributed by atoms with Gasteiger partial charge in [0.2, 0.25) is 10.0 Å². The highest BCUT2D eigenvalue weighted by Crippen LogP contribution is 2.29. The van der Waals surface area contributed by atoms with E-state index in [2.05, 4.69) is 4.72 Å². The fraction of sp³-hybridized carbons (Fsp3) is 0.111. The zero-order valence-electron chi connectivity index (χ0n) is 21.2. The maximum Gasteiger partial charge on any atom is 0.422 e. The molecule has 0 saturated heterocycles. The van der Waals surface area contributed by atoms with Crippen molar-refractivity contribution in [3.63, 3.8) is 0 Å². The van der Waals surface area contributed by atoms with Gasteiger partial charge in [-0.25, -0.2) is 31.4 Å². The Balaban J connectivity index is 1.68. The topological polar surface area (TPSA) is 150 Å². The molecule has 0 aliphatic heterocycles. The minimum absolute atomic E-state index is 0.0641. The van der Waals surface area contributed by atoms with Gasteiger partial charge in [-0.05, 0) is 41.9 Å². The number of nitrogens with zero attached hydrogens (tertiary/aromatic N) is 1. The molecule has 1 heterocycles. The second-order valence-corrected chi connectivity index (χ2v) is 11.8. The van der Waals surface area contributed by atoms with Crippen LogP contribution < -0.4 is 9.44 Å². The average Bonchev–Trinajstić information content (AvgIpc) is 3.42. The van der Waals surface area contributed by atoms with E-state index in [-0.39, 0.29) is 29.2 Å². The molecular weight excluding hydrogens is 558 g/mol. The van der Waals surface area contributed by atoms with E-state index in [0.717, 1.165) is 6.20 Å². The van der Waals surface area contributed by atoms with E-state index in [4.69, 9.17) is 9.47 Å². The van der Waals surface area contributed by atoms with Crippen LogP contribution in [0.5, 0.6) is 0 Å². The number of nitrogens with one attached hydrogen (secondary N) is 2. The second kappa shape index (κ2) is 12.2. The minimum Gasteiger partial charge on any atom is -0.456 e. The van der Waals surface area contributed by atoms with Crippen LogP contribution in [0.2, 0.25) is 0 Å². The van der Waals surface area contributed by atoms with Crippen LogP contribution in [0.25, 0.3) is 11.1 Å². The van der Waals surface area contributed by atoms with Gasteiger partial charge >= 0.3 is 22.3 Å². The van der Waals surface area contributed by atoms with E-state index in [1.807, 2.05) is 0 Å². The number of hydrogen-bond acceptors (Lipinski definition) is 8. The molecule has 0 aliphatic rings. The number of benzene rings is 3. The van der Waals surface area contributed by atoms with Crippen LogP contribution in [-0.2, 0) is 42.9 Å². The first-order chi connectivity index (χ1) is 19.1. The molecule has 40 heavy (non-hydrogen) atoms. The summed E-state index contributed by atoms with van der Waals surface area (Å²) in [5, 5.41) is 0. The van der Waals surface area contributed by atoms with Gasteiger partial charge in [-0.3, -0.25) is 0 Å². The standard InChI is InChI=1S/C27H25N3O8S2/c1-28-39(33,34)23-14-8-13-22(17-23)24-15-16-30(25(24)26(31)37-18-20-9-4-2-5-10-20)40(35,36)29-27(32)38-19-21-11-6-3-7-12-21/h2-17,28H,18-19H2,1H3,(H,29,32). The molecule has 11 nitrogen and oxygen atoms in total. The molecule has 0 spiro atoms. The zero-order chi connectivity index (χ0) is 28.8. The quantitative estimate of drug-likeness (QED) is 0.270. The van der Waals surface area contributed by atoms with Gasteiger partial charge in [-0.15, -0.1) is 0 Å². The van der Waals surface area contributed by atoms with E-state index in [1.165, 1.54) is 37.4 Å². The average molecular weight is 584 g/mol. The maximum atomic E-state index is 13.3. The first kappa shape index (κ1) is 28.5. The Morgan fingerprint density at radius 2 is 1.38 bits per heavy atom. The molecule has 208 valence electrons. The SMILES string of the molecule is CNS(=O)(=O)c1cccc(-c2ccn(S(=O)(=O)NC(=O)OCc3ccccc3)c2C(=O)OCc2ccccc2)c1. The highest BCUT2D eigenvalue weighted by molar-refractivity contribution is 7.89. The van der Waals surface area contributed by atoms with Crippen molar-refractivity contribution in [2.45, 2.75) is 18.1 Å². The summed E-state index contributed by atoms with van der Waals surface area (Å²) in [6, 6.07) is 24.3. The van der Waals surface area contributed by atoms with E-state index in [1.54, 1.807) is 65.4 Å². The Bertz CT molecular complexity index is 1720. The van der Waals surface area contributed by atoms with E-state index < -0.39 is 38.0 Å². The Labute approximate surface area is 231 Å². The third kappa shape index (κ3) is 6.75. The van der Waals surface area contributed by atoms with Gasteiger partial charge < -0.3 is 9.47 Å². The predicted molar refractivity (Wildman–Crippen MR) is 146 cm³/mol. The van der Waals surface area contributed by atoms with E-state index in [0.29, 0.717) is 15.1 Å². The van der Waals surface area contributed by atoms with Crippen molar-refractivity contribution in [1.29, 1.82) is 0 Å². The summed E-state index contributed by atoms with van der Waals surface area (Å²) in [6.07, 6.45) is -0.203. The van der Waals surface area contributed by atoms with Crippen molar-refractivity contribution < 1.29 is 35.9 Å². The van der Waals surface area contributed by atoms with Crippen LogP contribution in [0, 0.1) is 0 Å². The van der Waals surface area contributed by atoms with Gasteiger partial charge in [-0.1, -0.05) is 72.8 Å². The van der Waals surface area contributed by atoms with E-state index in [9.17, 15) is 26.4 Å². The largest absolute Gasteiger partial charge is 0.456 e. The second-order valence-electron chi connectivity index (χ2n) is 8.34. The normalized spacial score (nSPS) is 11.5. The number of amides is 1. The summed E-state index contributed by atoms with van der Waals surface area (Å²) in [7, 11) is -7.28. The molecule has 3 aromatic carbocycles. The Hall–Kier alpha value is -4.46. The maximum absolute atomic E-state index is 13.3. The van der Waals surface area contributed by atoms with Gasteiger partial charge in [0.05, 0.1) is 4.90 Å². The molecule has 0 atom stereocenters. The van der Waals surface area contributed by atoms with Gasteiger partial charge in [0.1, 0.15) is 13.2 Å². The summed E-state index contributed by atoms with van der Waals surface area (Å²) in [5.74, 6) is -1.02. The van der Waals surface area contributed by atoms with Gasteiger partial charge in [0.25, 0.3) is 0 Å². The molecule has 2 N–H and O–H groups in total. The summed E-state index contributed by atoms with van der Waals surface area (Å²) in [4.78, 5) is 25.5. The number of aromatic nitrogens is 1. The van der Waals surface area contributed by atoms with Crippen LogP contribution in [-0.4, -0.2) is 39.9 Å². The van der Waals surface area contributed by atoms with Gasteiger partial charge in [-0.2, -0.15) is 8.42 Å². The Morgan fingerprint density at radius 1 is 0.775 bits per heavy atom. The highest BCUT2D eigenvalue weighted by Gasteiger charge is 2.29. The lowest BCUT2D eigenvalue weighted by Gasteiger charge is -2.13. The number of carbonyl (C=O) groups is 2. The molecule has 0 saturated carbocycles. The fourth-order valence-corrected chi connectivity index (χ4v) is 5.47. The molecule has 0 aliphatic carbocycles. The lowest BCUT2D eigenvalue weighted by Crippen LogP contribution is -2.36. The summed E-state index contributed by atoms with van der Waals surface area (Å²) in [5.41, 5.74) is 1.14. The first-order valence-corrected chi connectivity index (χ1v) is 14.7.